The van der Waals surface area contributed by atoms with Gasteiger partial charge in [0.2, 0.25) is 0 Å². The highest BCUT2D eigenvalue weighted by Crippen LogP contribution is 2.12. The van der Waals surface area contributed by atoms with Crippen LogP contribution in [-0.2, 0) is 0 Å². The predicted molar refractivity (Wildman–Crippen MR) is 117 cm³/mol. The van der Waals surface area contributed by atoms with Gasteiger partial charge in [0.05, 0.1) is 0 Å². The van der Waals surface area contributed by atoms with Gasteiger partial charge in [-0.25, -0.2) is 5.43 Å². The number of halogens is 5. The van der Waals surface area contributed by atoms with Crippen molar-refractivity contribution in [2.24, 2.45) is 5.84 Å². The van der Waals surface area contributed by atoms with Crippen molar-refractivity contribution in [1.29, 1.82) is 0 Å². The molecule has 0 aromatic heterocycles. The summed E-state index contributed by atoms with van der Waals surface area (Å²) in [6, 6.07) is 0. The van der Waals surface area contributed by atoms with Crippen molar-refractivity contribution in [2.75, 3.05) is 6.54 Å². The molecule has 0 heterocycles. The summed E-state index contributed by atoms with van der Waals surface area (Å²) in [4.78, 5) is 0. The second kappa shape index (κ2) is 38.7. The van der Waals surface area contributed by atoms with Gasteiger partial charge < -0.3 is 0 Å². The molecule has 0 aromatic carbocycles. The number of hydrogen-bond donors (Lipinski definition) is 3. The Bertz CT molecular complexity index is 141. The van der Waals surface area contributed by atoms with Gasteiger partial charge in [-0.2, -0.15) is 5.53 Å². The third-order valence-corrected chi connectivity index (χ3v) is 3.51. The maximum Gasteiger partial charge on any atom is 0.0113 e. The number of hydrogen-bond acceptors (Lipinski definition) is 3. The normalized spacial score (nSPS) is 8.61. The molecule has 23 heavy (non-hydrogen) atoms. The third kappa shape index (κ3) is 39.8. The van der Waals surface area contributed by atoms with Crippen molar-refractivity contribution in [3.05, 3.63) is 0 Å². The zero-order valence-corrected chi connectivity index (χ0v) is 18.6. The summed E-state index contributed by atoms with van der Waals surface area (Å²) >= 11 is 0. The minimum absolute atomic E-state index is 0. The fourth-order valence-corrected chi connectivity index (χ4v) is 2.30. The number of nitrogens with two attached hydrogens (primary N) is 1. The van der Waals surface area contributed by atoms with E-state index in [1.165, 1.54) is 83.5 Å². The van der Waals surface area contributed by atoms with E-state index in [2.05, 4.69) is 17.9 Å². The van der Waals surface area contributed by atoms with Crippen LogP contribution in [0.5, 0.6) is 0 Å². The Kier molecular flexibility index (Phi) is 66.4. The number of hydrazine groups is 2. The van der Waals surface area contributed by atoms with E-state index < -0.39 is 0 Å². The summed E-state index contributed by atoms with van der Waals surface area (Å²) in [7, 11) is 0. The van der Waals surface area contributed by atoms with Gasteiger partial charge in [0.15, 0.2) is 0 Å². The lowest BCUT2D eigenvalue weighted by Crippen LogP contribution is -2.38. The Morgan fingerprint density at radius 1 is 0.522 bits per heavy atom. The van der Waals surface area contributed by atoms with E-state index in [0.29, 0.717) is 0 Å². The van der Waals surface area contributed by atoms with Crippen LogP contribution in [0.2, 0.25) is 0 Å². The second-order valence-electron chi connectivity index (χ2n) is 5.31. The van der Waals surface area contributed by atoms with Gasteiger partial charge in [-0.05, 0) is 6.42 Å². The monoisotopic (exact) mass is 437 g/mol. The van der Waals surface area contributed by atoms with E-state index >= 15 is 0 Å². The standard InChI is InChI=1S/C15H35N3.5ClH/c1-2-3-4-5-6-7-8-9-10-11-12-13-14-15-17-18-16;;;;;/h17-18H,2-16H2,1H3;5*1H. The second-order valence-corrected chi connectivity index (χ2v) is 5.31. The van der Waals surface area contributed by atoms with E-state index in [1.54, 1.807) is 0 Å². The Hall–Kier alpha value is 1.33. The fraction of sp³-hybridized carbons (Fsp3) is 1.00. The van der Waals surface area contributed by atoms with Crippen molar-refractivity contribution in [2.45, 2.75) is 90.4 Å². The van der Waals surface area contributed by atoms with Crippen LogP contribution in [0.4, 0.5) is 0 Å². The Morgan fingerprint density at radius 3 is 1.13 bits per heavy atom. The molecule has 0 bridgehead atoms. The van der Waals surface area contributed by atoms with Gasteiger partial charge in [-0.3, -0.25) is 5.84 Å². The van der Waals surface area contributed by atoms with Crippen LogP contribution in [0.15, 0.2) is 0 Å². The fourth-order valence-electron chi connectivity index (χ4n) is 2.30. The highest BCUT2D eigenvalue weighted by molar-refractivity contribution is 5.86. The van der Waals surface area contributed by atoms with Crippen LogP contribution >= 0.6 is 62.0 Å². The van der Waals surface area contributed by atoms with Crippen molar-refractivity contribution in [1.82, 2.24) is 11.0 Å². The molecule has 0 amide bonds. The van der Waals surface area contributed by atoms with Gasteiger partial charge in [-0.15, -0.1) is 62.0 Å². The van der Waals surface area contributed by atoms with E-state index in [1.807, 2.05) is 0 Å². The van der Waals surface area contributed by atoms with Crippen LogP contribution in [0.25, 0.3) is 0 Å². The Morgan fingerprint density at radius 2 is 0.826 bits per heavy atom. The predicted octanol–water partition coefficient (Wildman–Crippen LogP) is 6.15. The molecule has 0 rings (SSSR count). The quantitative estimate of drug-likeness (QED) is 0.163. The van der Waals surface area contributed by atoms with Gasteiger partial charge in [0.1, 0.15) is 0 Å². The molecular weight excluding hydrogens is 399 g/mol. The molecule has 8 heteroatoms. The average Bonchev–Trinajstić information content (AvgIpc) is 2.39. The van der Waals surface area contributed by atoms with Crippen LogP contribution < -0.4 is 16.8 Å². The highest BCUT2D eigenvalue weighted by Gasteiger charge is 1.93. The Labute approximate surface area is 175 Å². The van der Waals surface area contributed by atoms with Crippen molar-refractivity contribution >= 4 is 62.0 Å². The first-order valence-electron chi connectivity index (χ1n) is 8.10. The molecule has 3 nitrogen and oxygen atoms in total. The van der Waals surface area contributed by atoms with E-state index in [9.17, 15) is 0 Å². The topological polar surface area (TPSA) is 50.1 Å². The summed E-state index contributed by atoms with van der Waals surface area (Å²) < 4.78 is 0. The summed E-state index contributed by atoms with van der Waals surface area (Å²) in [5.41, 5.74) is 5.38. The van der Waals surface area contributed by atoms with Crippen molar-refractivity contribution < 1.29 is 0 Å². The van der Waals surface area contributed by atoms with Crippen LogP contribution in [-0.4, -0.2) is 6.54 Å². The molecule has 0 spiro atoms. The number of rotatable bonds is 15. The minimum atomic E-state index is 0. The molecule has 0 saturated heterocycles. The summed E-state index contributed by atoms with van der Waals surface area (Å²) in [6.07, 6.45) is 18.2. The zero-order chi connectivity index (χ0) is 13.3. The summed E-state index contributed by atoms with van der Waals surface area (Å²) in [6.45, 7) is 3.26. The SMILES string of the molecule is CCCCCCCCCCCCCCCNNN.Cl.Cl.Cl.Cl.Cl. The van der Waals surface area contributed by atoms with E-state index in [0.717, 1.165) is 6.54 Å². The maximum atomic E-state index is 5.11. The molecule has 0 aromatic rings. The molecule has 0 fully saturated rings. The maximum absolute atomic E-state index is 5.11. The molecule has 0 aliphatic carbocycles. The van der Waals surface area contributed by atoms with Crippen LogP contribution in [0, 0.1) is 0 Å². The molecule has 0 radical (unpaired) electrons. The van der Waals surface area contributed by atoms with Crippen molar-refractivity contribution in [3.8, 4) is 0 Å². The lowest BCUT2D eigenvalue weighted by Gasteiger charge is -2.03. The first kappa shape index (κ1) is 39.4. The highest BCUT2D eigenvalue weighted by atomic mass is 35.5. The summed E-state index contributed by atoms with van der Waals surface area (Å²) in [5.74, 6) is 5.11. The van der Waals surface area contributed by atoms with Gasteiger partial charge >= 0.3 is 0 Å². The van der Waals surface area contributed by atoms with Crippen LogP contribution in [0.3, 0.4) is 0 Å². The van der Waals surface area contributed by atoms with E-state index in [4.69, 9.17) is 5.84 Å². The molecule has 0 atom stereocenters. The largest absolute Gasteiger partial charge is 0.258 e. The number of nitrogens with one attached hydrogen (secondary N) is 2. The average molecular weight is 440 g/mol. The molecule has 0 aliphatic rings. The third-order valence-electron chi connectivity index (χ3n) is 3.51. The molecule has 4 N–H and O–H groups in total. The smallest absolute Gasteiger partial charge is 0.0113 e. The van der Waals surface area contributed by atoms with Gasteiger partial charge in [0, 0.05) is 6.54 Å². The lowest BCUT2D eigenvalue weighted by atomic mass is 10.0. The van der Waals surface area contributed by atoms with Crippen LogP contribution in [0.1, 0.15) is 90.4 Å². The zero-order valence-electron chi connectivity index (χ0n) is 14.5. The molecule has 0 saturated carbocycles. The molecule has 150 valence electrons. The lowest BCUT2D eigenvalue weighted by molar-refractivity contribution is 0.504. The Balaban J connectivity index is -0.000000144. The van der Waals surface area contributed by atoms with Gasteiger partial charge in [0.25, 0.3) is 0 Å². The first-order valence-corrected chi connectivity index (χ1v) is 8.10. The van der Waals surface area contributed by atoms with Crippen molar-refractivity contribution in [3.63, 3.8) is 0 Å². The number of unbranched alkanes of at least 4 members (excludes halogenated alkanes) is 12. The first-order chi connectivity index (χ1) is 8.91. The minimum Gasteiger partial charge on any atom is -0.258 e. The molecule has 0 unspecified atom stereocenters. The molecule has 0 aliphatic heterocycles. The van der Waals surface area contributed by atoms with E-state index in [-0.39, 0.29) is 62.0 Å². The summed E-state index contributed by atoms with van der Waals surface area (Å²) in [5, 5.41) is 0. The van der Waals surface area contributed by atoms with Gasteiger partial charge in [-0.1, -0.05) is 84.0 Å². The molecular formula is C15H40Cl5N3.